The third-order valence-electron chi connectivity index (χ3n) is 10.5. The van der Waals surface area contributed by atoms with Gasteiger partial charge in [-0.2, -0.15) is 0 Å². The van der Waals surface area contributed by atoms with Crippen molar-refractivity contribution in [2.24, 2.45) is 5.92 Å². The van der Waals surface area contributed by atoms with Crippen molar-refractivity contribution < 1.29 is 38.2 Å². The van der Waals surface area contributed by atoms with Crippen LogP contribution in [0.2, 0.25) is 0 Å². The Labute approximate surface area is 344 Å². The highest BCUT2D eigenvalue weighted by molar-refractivity contribution is 7.13. The van der Waals surface area contributed by atoms with Crippen molar-refractivity contribution in [2.45, 2.75) is 116 Å². The molecule has 2 fully saturated rings. The number of aryl methyl sites for hydroxylation is 1. The van der Waals surface area contributed by atoms with E-state index in [2.05, 4.69) is 20.9 Å². The number of nitrogens with zero attached hydrogens (tertiary/aromatic N) is 3. The average molecular weight is 817 g/mol. The number of nitrogens with one attached hydrogen (secondary N) is 3. The van der Waals surface area contributed by atoms with Crippen molar-refractivity contribution in [1.82, 2.24) is 30.7 Å². The molecular weight excluding hydrogens is 761 g/mol. The van der Waals surface area contributed by atoms with Gasteiger partial charge in [0.15, 0.2) is 5.78 Å². The number of ketones is 1. The number of carbonyl (C=O) groups is 6. The van der Waals surface area contributed by atoms with E-state index >= 15 is 0 Å². The van der Waals surface area contributed by atoms with Crippen molar-refractivity contribution in [1.29, 1.82) is 0 Å². The van der Waals surface area contributed by atoms with E-state index in [0.717, 1.165) is 22.5 Å². The van der Waals surface area contributed by atoms with Crippen LogP contribution in [-0.2, 0) is 48.0 Å². The molecule has 6 atom stereocenters. The maximum absolute atomic E-state index is 14.3. The van der Waals surface area contributed by atoms with Gasteiger partial charge in [0.2, 0.25) is 23.6 Å². The van der Waals surface area contributed by atoms with E-state index in [0.29, 0.717) is 37.4 Å². The molecule has 5 rings (SSSR count). The molecule has 1 aromatic heterocycles. The Hall–Kier alpha value is -5.15. The average Bonchev–Trinajstić information content (AvgIpc) is 3.70. The largest absolute Gasteiger partial charge is 0.417 e. The number of ether oxygens (including phenoxy) is 2. The number of amides is 5. The van der Waals surface area contributed by atoms with Gasteiger partial charge in [0, 0.05) is 36.6 Å². The normalized spacial score (nSPS) is 20.2. The van der Waals surface area contributed by atoms with Crippen molar-refractivity contribution in [3.63, 3.8) is 0 Å². The van der Waals surface area contributed by atoms with E-state index in [9.17, 15) is 28.8 Å². The van der Waals surface area contributed by atoms with Crippen LogP contribution in [0.3, 0.4) is 0 Å². The van der Waals surface area contributed by atoms with Gasteiger partial charge in [-0.25, -0.2) is 9.78 Å². The van der Waals surface area contributed by atoms with E-state index in [1.807, 2.05) is 95.3 Å². The van der Waals surface area contributed by atoms with Crippen molar-refractivity contribution in [3.8, 4) is 5.19 Å². The van der Waals surface area contributed by atoms with Crippen LogP contribution in [0.15, 0.2) is 66.9 Å². The predicted octanol–water partition coefficient (Wildman–Crippen LogP) is 4.25. The predicted molar refractivity (Wildman–Crippen MR) is 219 cm³/mol. The lowest BCUT2D eigenvalue weighted by molar-refractivity contribution is -0.142. The standard InChI is InChI=1S/C43H56N6O8S/c1-7-48(8-2)42(55)57-41-44-25-31(58-41)24-36(50)45-32(20-19-29-15-11-9-12-16-29)38(52)47-34-22-28(5)49(40(34)54)35(23-30-17-13-10-14-18-30)39(53)46-33(21-27(3)4)37(51)43(6)26-56-43/h9-18,25,27-28,32-35H,7-8,19-24,26H2,1-6H3,(H,45,50)(H,46,53)(H,47,52)/t28?,32-,33-,34-,35-,43?/m0/s1. The quantitative estimate of drug-likeness (QED) is 0.141. The fraction of sp³-hybridized carbons (Fsp3) is 0.512. The number of benzene rings is 2. The Morgan fingerprint density at radius 3 is 2.21 bits per heavy atom. The molecule has 2 saturated heterocycles. The van der Waals surface area contributed by atoms with Crippen LogP contribution in [0, 0.1) is 5.92 Å². The molecule has 14 nitrogen and oxygen atoms in total. The molecule has 0 bridgehead atoms. The van der Waals surface area contributed by atoms with Crippen molar-refractivity contribution >= 4 is 46.8 Å². The molecule has 0 spiro atoms. The number of rotatable bonds is 20. The first-order valence-corrected chi connectivity index (χ1v) is 20.9. The molecule has 0 radical (unpaired) electrons. The highest BCUT2D eigenvalue weighted by Gasteiger charge is 2.51. The van der Waals surface area contributed by atoms with Crippen LogP contribution in [-0.4, -0.2) is 106 Å². The summed E-state index contributed by atoms with van der Waals surface area (Å²) >= 11 is 1.07. The van der Waals surface area contributed by atoms with Crippen LogP contribution in [0.1, 0.15) is 76.8 Å². The smallest absolute Gasteiger partial charge is 0.381 e. The van der Waals surface area contributed by atoms with E-state index < -0.39 is 65.5 Å². The summed E-state index contributed by atoms with van der Waals surface area (Å²) in [5, 5.41) is 8.84. The summed E-state index contributed by atoms with van der Waals surface area (Å²) < 4.78 is 10.8. The molecule has 312 valence electrons. The third kappa shape index (κ3) is 11.7. The lowest BCUT2D eigenvalue weighted by atomic mass is 9.92. The molecule has 58 heavy (non-hydrogen) atoms. The SMILES string of the molecule is CCN(CC)C(=O)Oc1ncc(CC(=O)N[C@@H](CCc2ccccc2)C(=O)N[C@H]2CC(C)N([C@@H](Cc3ccccc3)C(=O)N[C@@H](CC(C)C)C(=O)C3(C)CO3)C2=O)s1. The number of hydrogen-bond donors (Lipinski definition) is 3. The first-order chi connectivity index (χ1) is 27.7. The monoisotopic (exact) mass is 816 g/mol. The fourth-order valence-corrected chi connectivity index (χ4v) is 7.97. The molecule has 3 N–H and O–H groups in total. The Kier molecular flexibility index (Phi) is 15.2. The van der Waals surface area contributed by atoms with Crippen molar-refractivity contribution in [3.05, 3.63) is 82.9 Å². The first-order valence-electron chi connectivity index (χ1n) is 20.1. The fourth-order valence-electron chi connectivity index (χ4n) is 7.22. The lowest BCUT2D eigenvalue weighted by Crippen LogP contribution is -2.57. The van der Waals surface area contributed by atoms with Gasteiger partial charge in [-0.3, -0.25) is 24.0 Å². The maximum atomic E-state index is 14.3. The molecule has 5 amide bonds. The molecule has 2 aliphatic heterocycles. The second-order valence-electron chi connectivity index (χ2n) is 15.6. The number of Topliss-reactive ketones (excluding diaryl/α,β-unsaturated/α-hetero) is 1. The van der Waals surface area contributed by atoms with E-state index in [1.54, 1.807) is 6.92 Å². The molecule has 2 aromatic carbocycles. The van der Waals surface area contributed by atoms with Gasteiger partial charge in [-0.15, -0.1) is 0 Å². The second kappa shape index (κ2) is 20.0. The summed E-state index contributed by atoms with van der Waals surface area (Å²) in [7, 11) is 0. The Morgan fingerprint density at radius 1 is 0.966 bits per heavy atom. The van der Waals surface area contributed by atoms with Gasteiger partial charge in [0.25, 0.3) is 5.19 Å². The molecule has 2 unspecified atom stereocenters. The first kappa shape index (κ1) is 44.0. The summed E-state index contributed by atoms with van der Waals surface area (Å²) in [6.07, 6.45) is 2.40. The summed E-state index contributed by atoms with van der Waals surface area (Å²) in [5.41, 5.74) is 0.863. The number of epoxide rings is 1. The molecule has 3 heterocycles. The van der Waals surface area contributed by atoms with Gasteiger partial charge in [0.05, 0.1) is 19.1 Å². The van der Waals surface area contributed by atoms with Crippen LogP contribution >= 0.6 is 11.3 Å². The molecule has 2 aliphatic rings. The Balaban J connectivity index is 1.30. The minimum Gasteiger partial charge on any atom is -0.381 e. The topological polar surface area (TPSA) is 180 Å². The number of thiazole rings is 1. The minimum absolute atomic E-state index is 0.105. The van der Waals surface area contributed by atoms with E-state index in [4.69, 9.17) is 9.47 Å². The highest BCUT2D eigenvalue weighted by atomic mass is 32.1. The number of likely N-dealkylation sites (tertiary alicyclic amines) is 1. The molecule has 15 heteroatoms. The lowest BCUT2D eigenvalue weighted by Gasteiger charge is -2.33. The maximum Gasteiger partial charge on any atom is 0.417 e. The van der Waals surface area contributed by atoms with E-state index in [-0.39, 0.29) is 42.6 Å². The van der Waals surface area contributed by atoms with Gasteiger partial charge >= 0.3 is 6.09 Å². The minimum atomic E-state index is -0.991. The molecule has 0 saturated carbocycles. The summed E-state index contributed by atoms with van der Waals surface area (Å²) in [6.45, 7) is 12.4. The Morgan fingerprint density at radius 2 is 1.60 bits per heavy atom. The number of hydrogen-bond acceptors (Lipinski definition) is 10. The molecular formula is C43H56N6O8S. The third-order valence-corrected chi connectivity index (χ3v) is 11.4. The van der Waals surface area contributed by atoms with Gasteiger partial charge in [0.1, 0.15) is 23.7 Å². The summed E-state index contributed by atoms with van der Waals surface area (Å²) in [5.74, 6) is -1.95. The zero-order chi connectivity index (χ0) is 42.0. The molecule has 3 aromatic rings. The highest BCUT2D eigenvalue weighted by Crippen LogP contribution is 2.31. The van der Waals surface area contributed by atoms with Crippen LogP contribution in [0.4, 0.5) is 4.79 Å². The zero-order valence-corrected chi connectivity index (χ0v) is 35.0. The van der Waals surface area contributed by atoms with Crippen molar-refractivity contribution in [2.75, 3.05) is 19.7 Å². The summed E-state index contributed by atoms with van der Waals surface area (Å²) in [6, 6.07) is 14.8. The van der Waals surface area contributed by atoms with Crippen LogP contribution < -0.4 is 20.7 Å². The Bertz CT molecular complexity index is 1900. The van der Waals surface area contributed by atoms with Crippen LogP contribution in [0.25, 0.3) is 0 Å². The zero-order valence-electron chi connectivity index (χ0n) is 34.2. The molecule has 0 aliphatic carbocycles. The number of aromatic nitrogens is 1. The summed E-state index contributed by atoms with van der Waals surface area (Å²) in [4.78, 5) is 89.5. The number of carbonyl (C=O) groups excluding carboxylic acids is 6. The van der Waals surface area contributed by atoms with E-state index in [1.165, 1.54) is 16.0 Å². The van der Waals surface area contributed by atoms with Crippen LogP contribution in [0.5, 0.6) is 5.19 Å². The van der Waals surface area contributed by atoms with Gasteiger partial charge in [-0.1, -0.05) is 85.8 Å². The van der Waals surface area contributed by atoms with Gasteiger partial charge < -0.3 is 35.2 Å². The van der Waals surface area contributed by atoms with Gasteiger partial charge in [-0.05, 0) is 70.4 Å². The second-order valence-corrected chi connectivity index (χ2v) is 16.7.